The smallest absolute Gasteiger partial charge is 0.251 e. The Bertz CT molecular complexity index is 1570. The van der Waals surface area contributed by atoms with E-state index in [1.165, 1.54) is 11.8 Å². The number of rotatable bonds is 9. The van der Waals surface area contributed by atoms with Gasteiger partial charge in [0.25, 0.3) is 5.91 Å². The number of carbonyl (C=O) groups excluding carboxylic acids is 2. The molecule has 192 valence electrons. The number of aromatic amines is 1. The zero-order valence-corrected chi connectivity index (χ0v) is 21.7. The molecule has 3 N–H and O–H groups in total. The highest BCUT2D eigenvalue weighted by atomic mass is 32.2. The van der Waals surface area contributed by atoms with Crippen molar-refractivity contribution in [1.29, 1.82) is 0 Å². The van der Waals surface area contributed by atoms with Crippen LogP contribution in [0.25, 0.3) is 28.0 Å². The summed E-state index contributed by atoms with van der Waals surface area (Å²) in [5, 5.41) is 16.0. The summed E-state index contributed by atoms with van der Waals surface area (Å²) in [5.74, 6) is 1.18. The third-order valence-corrected chi connectivity index (χ3v) is 6.79. The summed E-state index contributed by atoms with van der Waals surface area (Å²) >= 11 is 1.29. The van der Waals surface area contributed by atoms with Gasteiger partial charge in [-0.05, 0) is 61.5 Å². The second kappa shape index (κ2) is 11.2. The predicted molar refractivity (Wildman–Crippen MR) is 149 cm³/mol. The number of amides is 2. The molecule has 0 aliphatic rings. The molecule has 3 aromatic carbocycles. The predicted octanol–water partition coefficient (Wildman–Crippen LogP) is 4.90. The van der Waals surface area contributed by atoms with Gasteiger partial charge in [-0.1, -0.05) is 30.0 Å². The first-order valence-electron chi connectivity index (χ1n) is 12.1. The minimum atomic E-state index is -0.197. The summed E-state index contributed by atoms with van der Waals surface area (Å²) in [4.78, 5) is 27.8. The van der Waals surface area contributed by atoms with Gasteiger partial charge in [-0.25, -0.2) is 0 Å². The molecule has 9 nitrogen and oxygen atoms in total. The highest BCUT2D eigenvalue weighted by Crippen LogP contribution is 2.33. The fourth-order valence-electron chi connectivity index (χ4n) is 4.06. The molecule has 5 aromatic rings. The lowest BCUT2D eigenvalue weighted by atomic mass is 10.1. The quantitative estimate of drug-likeness (QED) is 0.235. The summed E-state index contributed by atoms with van der Waals surface area (Å²) in [6.45, 7) is 2.52. The number of anilines is 1. The number of carbonyl (C=O) groups is 2. The van der Waals surface area contributed by atoms with E-state index in [9.17, 15) is 9.59 Å². The lowest BCUT2D eigenvalue weighted by Gasteiger charge is -2.11. The first-order chi connectivity index (χ1) is 18.6. The van der Waals surface area contributed by atoms with Crippen molar-refractivity contribution in [3.05, 3.63) is 84.6 Å². The Hall–Kier alpha value is -4.57. The zero-order chi connectivity index (χ0) is 26.5. The van der Waals surface area contributed by atoms with Crippen molar-refractivity contribution < 1.29 is 14.3 Å². The van der Waals surface area contributed by atoms with Gasteiger partial charge in [-0.2, -0.15) is 0 Å². The van der Waals surface area contributed by atoms with E-state index in [1.54, 1.807) is 31.3 Å². The SMILES string of the molecule is CCOc1ccc(-n2c(SCC(=O)Nc3ccc(C(=O)NC)cc3)nnc2-c2c[nH]c3ccccc23)cc1. The molecule has 0 saturated heterocycles. The second-order valence-electron chi connectivity index (χ2n) is 8.31. The van der Waals surface area contributed by atoms with E-state index in [0.717, 1.165) is 27.9 Å². The van der Waals surface area contributed by atoms with Gasteiger partial charge in [-0.3, -0.25) is 14.2 Å². The molecule has 0 aliphatic carbocycles. The Balaban J connectivity index is 1.40. The van der Waals surface area contributed by atoms with Crippen LogP contribution in [0.4, 0.5) is 5.69 Å². The van der Waals surface area contributed by atoms with Crippen LogP contribution < -0.4 is 15.4 Å². The maximum absolute atomic E-state index is 12.7. The molecule has 0 atom stereocenters. The third kappa shape index (κ3) is 5.25. The van der Waals surface area contributed by atoms with Gasteiger partial charge in [0.15, 0.2) is 11.0 Å². The lowest BCUT2D eigenvalue weighted by Crippen LogP contribution is -2.18. The number of para-hydroxylation sites is 1. The van der Waals surface area contributed by atoms with E-state index in [0.29, 0.717) is 28.8 Å². The Morgan fingerprint density at radius 1 is 1.00 bits per heavy atom. The molecule has 2 heterocycles. The van der Waals surface area contributed by atoms with Gasteiger partial charge in [0.2, 0.25) is 5.91 Å². The van der Waals surface area contributed by atoms with Crippen molar-refractivity contribution in [2.45, 2.75) is 12.1 Å². The Morgan fingerprint density at radius 3 is 2.50 bits per heavy atom. The zero-order valence-electron chi connectivity index (χ0n) is 20.9. The molecule has 2 amide bonds. The first kappa shape index (κ1) is 25.1. The normalized spacial score (nSPS) is 10.9. The molecule has 0 fully saturated rings. The number of thioether (sulfide) groups is 1. The minimum absolute atomic E-state index is 0.125. The van der Waals surface area contributed by atoms with Crippen LogP contribution in [-0.2, 0) is 4.79 Å². The van der Waals surface area contributed by atoms with E-state index >= 15 is 0 Å². The van der Waals surface area contributed by atoms with Crippen molar-refractivity contribution in [2.75, 3.05) is 24.7 Å². The van der Waals surface area contributed by atoms with E-state index in [2.05, 4.69) is 25.8 Å². The molecular weight excluding hydrogens is 500 g/mol. The van der Waals surface area contributed by atoms with Crippen molar-refractivity contribution in [3.63, 3.8) is 0 Å². The number of hydrogen-bond acceptors (Lipinski definition) is 6. The standard InChI is InChI=1S/C28H26N6O3S/c1-3-37-21-14-12-20(13-15-21)34-26(23-16-30-24-7-5-4-6-22(23)24)32-33-28(34)38-17-25(35)31-19-10-8-18(9-11-19)27(36)29-2/h4-16,30H,3,17H2,1-2H3,(H,29,36)(H,31,35). The molecule has 0 unspecified atom stereocenters. The summed E-state index contributed by atoms with van der Waals surface area (Å²) in [5.41, 5.74) is 3.89. The summed E-state index contributed by atoms with van der Waals surface area (Å²) in [6, 6.07) is 22.4. The molecule has 0 aliphatic heterocycles. The minimum Gasteiger partial charge on any atom is -0.494 e. The van der Waals surface area contributed by atoms with E-state index in [4.69, 9.17) is 4.74 Å². The van der Waals surface area contributed by atoms with Gasteiger partial charge < -0.3 is 20.4 Å². The van der Waals surface area contributed by atoms with Crippen molar-refractivity contribution >= 4 is 40.2 Å². The van der Waals surface area contributed by atoms with Gasteiger partial charge in [0.05, 0.1) is 12.4 Å². The van der Waals surface area contributed by atoms with Crippen molar-refractivity contribution in [1.82, 2.24) is 25.1 Å². The van der Waals surface area contributed by atoms with E-state index in [1.807, 2.05) is 66.2 Å². The molecule has 0 radical (unpaired) electrons. The molecule has 0 saturated carbocycles. The lowest BCUT2D eigenvalue weighted by molar-refractivity contribution is -0.113. The molecule has 5 rings (SSSR count). The Labute approximate surface area is 223 Å². The maximum atomic E-state index is 12.7. The maximum Gasteiger partial charge on any atom is 0.251 e. The molecule has 10 heteroatoms. The average Bonchev–Trinajstić information content (AvgIpc) is 3.56. The van der Waals surface area contributed by atoms with Crippen molar-refractivity contribution in [2.24, 2.45) is 0 Å². The van der Waals surface area contributed by atoms with Gasteiger partial charge in [0.1, 0.15) is 5.75 Å². The largest absolute Gasteiger partial charge is 0.494 e. The number of aromatic nitrogens is 4. The number of ether oxygens (including phenoxy) is 1. The van der Waals surface area contributed by atoms with Gasteiger partial charge in [0, 0.05) is 46.6 Å². The van der Waals surface area contributed by atoms with Crippen LogP contribution >= 0.6 is 11.8 Å². The average molecular weight is 527 g/mol. The number of hydrogen-bond donors (Lipinski definition) is 3. The Kier molecular flexibility index (Phi) is 7.41. The van der Waals surface area contributed by atoms with Crippen LogP contribution in [0.1, 0.15) is 17.3 Å². The van der Waals surface area contributed by atoms with Crippen LogP contribution in [0.3, 0.4) is 0 Å². The number of nitrogens with one attached hydrogen (secondary N) is 3. The molecule has 38 heavy (non-hydrogen) atoms. The second-order valence-corrected chi connectivity index (χ2v) is 9.25. The first-order valence-corrected chi connectivity index (χ1v) is 13.1. The van der Waals surface area contributed by atoms with Gasteiger partial charge >= 0.3 is 0 Å². The van der Waals surface area contributed by atoms with Gasteiger partial charge in [-0.15, -0.1) is 10.2 Å². The number of fused-ring (bicyclic) bond motifs is 1. The summed E-state index contributed by atoms with van der Waals surface area (Å²) < 4.78 is 7.55. The van der Waals surface area contributed by atoms with Crippen LogP contribution in [-0.4, -0.2) is 51.0 Å². The van der Waals surface area contributed by atoms with Crippen LogP contribution in [0.15, 0.2) is 84.1 Å². The van der Waals surface area contributed by atoms with E-state index in [-0.39, 0.29) is 17.6 Å². The fourth-order valence-corrected chi connectivity index (χ4v) is 4.81. The monoisotopic (exact) mass is 526 g/mol. The molecule has 0 bridgehead atoms. The van der Waals surface area contributed by atoms with Crippen LogP contribution in [0.2, 0.25) is 0 Å². The van der Waals surface area contributed by atoms with Crippen LogP contribution in [0, 0.1) is 0 Å². The Morgan fingerprint density at radius 2 is 1.76 bits per heavy atom. The third-order valence-electron chi connectivity index (χ3n) is 5.86. The summed E-state index contributed by atoms with van der Waals surface area (Å²) in [6.07, 6.45) is 1.92. The number of benzene rings is 3. The fraction of sp³-hybridized carbons (Fsp3) is 0.143. The molecule has 2 aromatic heterocycles. The number of nitrogens with zero attached hydrogens (tertiary/aromatic N) is 3. The highest BCUT2D eigenvalue weighted by molar-refractivity contribution is 7.99. The molecular formula is C28H26N6O3S. The molecule has 0 spiro atoms. The number of H-pyrrole nitrogens is 1. The topological polar surface area (TPSA) is 114 Å². The van der Waals surface area contributed by atoms with E-state index < -0.39 is 0 Å². The van der Waals surface area contributed by atoms with Crippen LogP contribution in [0.5, 0.6) is 5.75 Å². The summed E-state index contributed by atoms with van der Waals surface area (Å²) in [7, 11) is 1.57. The van der Waals surface area contributed by atoms with Crippen molar-refractivity contribution in [3.8, 4) is 22.8 Å². The highest BCUT2D eigenvalue weighted by Gasteiger charge is 2.20.